The second-order valence-electron chi connectivity index (χ2n) is 8.84. The first-order valence-electron chi connectivity index (χ1n) is 12.3. The third-order valence-electron chi connectivity index (χ3n) is 6.81. The average molecular weight is 450 g/mol. The molecule has 1 heterocycles. The molecule has 6 aromatic rings. The minimum Gasteiger partial charge on any atom is -0.341 e. The van der Waals surface area contributed by atoms with Gasteiger partial charge in [-0.2, -0.15) is 0 Å². The molecule has 6 rings (SSSR count). The molecule has 0 aliphatic carbocycles. The minimum atomic E-state index is 0.948. The van der Waals surface area contributed by atoms with Crippen LogP contribution in [0.2, 0.25) is 0 Å². The summed E-state index contributed by atoms with van der Waals surface area (Å²) < 4.78 is 2.41. The Morgan fingerprint density at radius 2 is 0.914 bits per heavy atom. The largest absolute Gasteiger partial charge is 0.341 e. The van der Waals surface area contributed by atoms with E-state index in [0.717, 1.165) is 6.54 Å². The first kappa shape index (κ1) is 21.2. The van der Waals surface area contributed by atoms with Gasteiger partial charge in [0.2, 0.25) is 0 Å². The molecule has 1 heteroatoms. The van der Waals surface area contributed by atoms with E-state index in [9.17, 15) is 0 Å². The van der Waals surface area contributed by atoms with Crippen LogP contribution < -0.4 is 0 Å². The van der Waals surface area contributed by atoms with Gasteiger partial charge in [-0.05, 0) is 58.5 Å². The van der Waals surface area contributed by atoms with Crippen LogP contribution in [0.4, 0.5) is 0 Å². The fourth-order valence-electron chi connectivity index (χ4n) is 5.28. The molecule has 0 fully saturated rings. The van der Waals surface area contributed by atoms with Gasteiger partial charge in [0.25, 0.3) is 0 Å². The van der Waals surface area contributed by atoms with Crippen molar-refractivity contribution in [1.82, 2.24) is 4.57 Å². The van der Waals surface area contributed by atoms with E-state index in [1.165, 1.54) is 55.2 Å². The summed E-state index contributed by atoms with van der Waals surface area (Å²) >= 11 is 0. The zero-order valence-electron chi connectivity index (χ0n) is 19.9. The maximum atomic E-state index is 2.41. The van der Waals surface area contributed by atoms with Crippen LogP contribution in [-0.4, -0.2) is 4.57 Å². The molecule has 0 atom stereocenters. The van der Waals surface area contributed by atoms with Crippen LogP contribution in [0.1, 0.15) is 29.2 Å². The lowest BCUT2D eigenvalue weighted by Gasteiger charge is -2.18. The number of aromatic nitrogens is 1. The lowest BCUT2D eigenvalue weighted by molar-refractivity contribution is 0.827. The van der Waals surface area contributed by atoms with E-state index < -0.39 is 0 Å². The van der Waals surface area contributed by atoms with Gasteiger partial charge in [0.05, 0.1) is 0 Å². The minimum absolute atomic E-state index is 0.948. The molecule has 35 heavy (non-hydrogen) atoms. The van der Waals surface area contributed by atoms with Crippen molar-refractivity contribution in [3.8, 4) is 0 Å². The van der Waals surface area contributed by atoms with E-state index in [1.807, 2.05) is 0 Å². The Hall–Kier alpha value is -4.36. The van der Waals surface area contributed by atoms with Crippen LogP contribution in [0.5, 0.6) is 0 Å². The first-order chi connectivity index (χ1) is 17.3. The van der Waals surface area contributed by atoms with Crippen LogP contribution in [0, 0.1) is 0 Å². The molecule has 5 aromatic carbocycles. The molecule has 168 valence electrons. The zero-order valence-corrected chi connectivity index (χ0v) is 19.9. The fraction of sp³-hybridized carbons (Fsp3) is 0.0588. The van der Waals surface area contributed by atoms with Gasteiger partial charge in [0.15, 0.2) is 0 Å². The van der Waals surface area contributed by atoms with Gasteiger partial charge in [-0.3, -0.25) is 0 Å². The highest BCUT2D eigenvalue weighted by molar-refractivity contribution is 6.11. The molecule has 0 radical (unpaired) electrons. The summed E-state index contributed by atoms with van der Waals surface area (Å²) in [6, 6.07) is 48.0. The second kappa shape index (κ2) is 9.12. The van der Waals surface area contributed by atoms with Gasteiger partial charge in [-0.25, -0.2) is 0 Å². The summed E-state index contributed by atoms with van der Waals surface area (Å²) in [6.07, 6.45) is 0. The predicted molar refractivity (Wildman–Crippen MR) is 149 cm³/mol. The summed E-state index contributed by atoms with van der Waals surface area (Å²) in [5.41, 5.74) is 9.94. The standard InChI is InChI=1S/C34H27N/c1-2-35-31-21-13-12-20-29(31)30-24-28(22-23-32(30)35)34(27-18-10-5-11-19-27)33(25-14-6-3-7-15-25)26-16-8-4-9-17-26/h3-24H,2H2,1H3. The molecule has 0 amide bonds. The van der Waals surface area contributed by atoms with Crippen molar-refractivity contribution in [1.29, 1.82) is 0 Å². The van der Waals surface area contributed by atoms with Gasteiger partial charge in [0.1, 0.15) is 0 Å². The number of benzene rings is 5. The Kier molecular flexibility index (Phi) is 5.52. The topological polar surface area (TPSA) is 4.93 Å². The normalized spacial score (nSPS) is 11.1. The van der Waals surface area contributed by atoms with E-state index in [-0.39, 0.29) is 0 Å². The summed E-state index contributed by atoms with van der Waals surface area (Å²) in [5.74, 6) is 0. The third kappa shape index (κ3) is 3.76. The fourth-order valence-corrected chi connectivity index (χ4v) is 5.28. The molecule has 0 saturated carbocycles. The Morgan fingerprint density at radius 3 is 1.46 bits per heavy atom. The molecule has 0 spiro atoms. The molecular formula is C34H27N. The highest BCUT2D eigenvalue weighted by Crippen LogP contribution is 2.39. The number of nitrogens with zero attached hydrogens (tertiary/aromatic N) is 1. The van der Waals surface area contributed by atoms with Crippen LogP contribution >= 0.6 is 0 Å². The molecule has 0 aliphatic heterocycles. The first-order valence-corrected chi connectivity index (χ1v) is 12.3. The van der Waals surface area contributed by atoms with E-state index in [0.29, 0.717) is 0 Å². The SMILES string of the molecule is CCn1c2ccccc2c2cc(C(=C(c3ccccc3)c3ccccc3)c3ccccc3)ccc21. The molecule has 0 N–H and O–H groups in total. The van der Waals surface area contributed by atoms with Gasteiger partial charge in [0, 0.05) is 28.4 Å². The number of hydrogen-bond acceptors (Lipinski definition) is 0. The molecule has 0 aliphatic rings. The highest BCUT2D eigenvalue weighted by atomic mass is 15.0. The van der Waals surface area contributed by atoms with E-state index in [4.69, 9.17) is 0 Å². The lowest BCUT2D eigenvalue weighted by atomic mass is 9.85. The van der Waals surface area contributed by atoms with Gasteiger partial charge >= 0.3 is 0 Å². The summed E-state index contributed by atoms with van der Waals surface area (Å²) in [5, 5.41) is 2.61. The van der Waals surface area contributed by atoms with Crippen molar-refractivity contribution in [3.63, 3.8) is 0 Å². The van der Waals surface area contributed by atoms with Crippen molar-refractivity contribution in [2.75, 3.05) is 0 Å². The van der Waals surface area contributed by atoms with Crippen LogP contribution in [0.25, 0.3) is 33.0 Å². The van der Waals surface area contributed by atoms with Crippen LogP contribution in [-0.2, 0) is 6.54 Å². The third-order valence-corrected chi connectivity index (χ3v) is 6.81. The lowest BCUT2D eigenvalue weighted by Crippen LogP contribution is -1.98. The molecule has 0 unspecified atom stereocenters. The molecular weight excluding hydrogens is 422 g/mol. The average Bonchev–Trinajstić information content (AvgIpc) is 3.26. The van der Waals surface area contributed by atoms with Crippen LogP contribution in [0.15, 0.2) is 133 Å². The molecule has 0 saturated heterocycles. The number of rotatable bonds is 5. The Morgan fingerprint density at radius 1 is 0.457 bits per heavy atom. The molecule has 1 nitrogen and oxygen atoms in total. The number of aryl methyl sites for hydroxylation is 1. The van der Waals surface area contributed by atoms with Crippen molar-refractivity contribution in [2.24, 2.45) is 0 Å². The molecule has 0 bridgehead atoms. The summed E-state index contributed by atoms with van der Waals surface area (Å²) in [6.45, 7) is 3.17. The van der Waals surface area contributed by atoms with Crippen molar-refractivity contribution >= 4 is 33.0 Å². The van der Waals surface area contributed by atoms with Gasteiger partial charge < -0.3 is 4.57 Å². The quantitative estimate of drug-likeness (QED) is 0.232. The molecule has 1 aromatic heterocycles. The summed E-state index contributed by atoms with van der Waals surface area (Å²) in [4.78, 5) is 0. The maximum absolute atomic E-state index is 2.41. The smallest absolute Gasteiger partial charge is 0.0491 e. The van der Waals surface area contributed by atoms with E-state index >= 15 is 0 Å². The maximum Gasteiger partial charge on any atom is 0.0491 e. The van der Waals surface area contributed by atoms with Gasteiger partial charge in [-0.1, -0.05) is 115 Å². The predicted octanol–water partition coefficient (Wildman–Crippen LogP) is 8.82. The number of para-hydroxylation sites is 1. The monoisotopic (exact) mass is 449 g/mol. The zero-order chi connectivity index (χ0) is 23.6. The number of hydrogen-bond donors (Lipinski definition) is 0. The van der Waals surface area contributed by atoms with Crippen molar-refractivity contribution < 1.29 is 0 Å². The van der Waals surface area contributed by atoms with Crippen molar-refractivity contribution in [2.45, 2.75) is 13.5 Å². The van der Waals surface area contributed by atoms with E-state index in [2.05, 4.69) is 145 Å². The Bertz CT molecular complexity index is 1600. The Labute approximate surface area is 206 Å². The Balaban J connectivity index is 1.73. The van der Waals surface area contributed by atoms with Gasteiger partial charge in [-0.15, -0.1) is 0 Å². The van der Waals surface area contributed by atoms with E-state index in [1.54, 1.807) is 0 Å². The summed E-state index contributed by atoms with van der Waals surface area (Å²) in [7, 11) is 0. The highest BCUT2D eigenvalue weighted by Gasteiger charge is 2.18. The van der Waals surface area contributed by atoms with Crippen LogP contribution in [0.3, 0.4) is 0 Å². The number of fused-ring (bicyclic) bond motifs is 3. The second-order valence-corrected chi connectivity index (χ2v) is 8.84. The van der Waals surface area contributed by atoms with Crippen molar-refractivity contribution in [3.05, 3.63) is 156 Å².